The molecule has 0 aromatic heterocycles. The van der Waals surface area contributed by atoms with E-state index in [1.807, 2.05) is 6.92 Å². The average Bonchev–Trinajstić information content (AvgIpc) is 2.16. The van der Waals surface area contributed by atoms with Gasteiger partial charge in [0.2, 0.25) is 0 Å². The van der Waals surface area contributed by atoms with E-state index in [4.69, 9.17) is 5.73 Å². The van der Waals surface area contributed by atoms with E-state index >= 15 is 0 Å². The maximum atomic E-state index is 12.9. The standard InChI is InChI=1S/C10H13FN2O2S/c1-7(12)5-16-6-8-4-9(11)2-3-10(8)13(14)15/h2-4,7H,5-6,12H2,1H3. The van der Waals surface area contributed by atoms with E-state index in [1.165, 1.54) is 23.9 Å². The molecule has 0 aliphatic heterocycles. The van der Waals surface area contributed by atoms with Crippen LogP contribution in [0.4, 0.5) is 10.1 Å². The van der Waals surface area contributed by atoms with Crippen LogP contribution in [0.2, 0.25) is 0 Å². The lowest BCUT2D eigenvalue weighted by molar-refractivity contribution is -0.385. The highest BCUT2D eigenvalue weighted by molar-refractivity contribution is 7.98. The maximum absolute atomic E-state index is 12.9. The molecule has 88 valence electrons. The summed E-state index contributed by atoms with van der Waals surface area (Å²) >= 11 is 1.46. The maximum Gasteiger partial charge on any atom is 0.273 e. The molecule has 0 heterocycles. The van der Waals surface area contributed by atoms with Crippen LogP contribution in [0.3, 0.4) is 0 Å². The zero-order valence-electron chi connectivity index (χ0n) is 8.85. The Morgan fingerprint density at radius 2 is 2.31 bits per heavy atom. The number of thioether (sulfide) groups is 1. The van der Waals surface area contributed by atoms with Crippen LogP contribution >= 0.6 is 11.8 Å². The normalized spacial score (nSPS) is 12.4. The Morgan fingerprint density at radius 3 is 2.88 bits per heavy atom. The summed E-state index contributed by atoms with van der Waals surface area (Å²) in [6.45, 7) is 1.85. The van der Waals surface area contributed by atoms with Crippen molar-refractivity contribution in [3.63, 3.8) is 0 Å². The van der Waals surface area contributed by atoms with Crippen molar-refractivity contribution in [3.05, 3.63) is 39.7 Å². The minimum Gasteiger partial charge on any atom is -0.327 e. The van der Waals surface area contributed by atoms with E-state index in [-0.39, 0.29) is 11.7 Å². The Kier molecular flexibility index (Phi) is 4.70. The lowest BCUT2D eigenvalue weighted by atomic mass is 10.2. The molecule has 1 aromatic rings. The predicted molar refractivity (Wildman–Crippen MR) is 62.9 cm³/mol. The molecule has 4 nitrogen and oxygen atoms in total. The van der Waals surface area contributed by atoms with Gasteiger partial charge in [-0.3, -0.25) is 10.1 Å². The molecule has 0 radical (unpaired) electrons. The predicted octanol–water partition coefficient (Wildman–Crippen LogP) is 2.31. The monoisotopic (exact) mass is 244 g/mol. The summed E-state index contributed by atoms with van der Waals surface area (Å²) in [5.74, 6) is 0.630. The number of nitro groups is 1. The van der Waals surface area contributed by atoms with E-state index in [0.29, 0.717) is 17.1 Å². The Bertz CT molecular complexity index is 385. The fourth-order valence-electron chi connectivity index (χ4n) is 1.20. The van der Waals surface area contributed by atoms with Crippen LogP contribution < -0.4 is 5.73 Å². The van der Waals surface area contributed by atoms with Gasteiger partial charge in [-0.1, -0.05) is 0 Å². The molecular weight excluding hydrogens is 231 g/mol. The summed E-state index contributed by atoms with van der Waals surface area (Å²) in [6, 6.07) is 3.51. The molecule has 16 heavy (non-hydrogen) atoms. The van der Waals surface area contributed by atoms with Crippen molar-refractivity contribution in [2.24, 2.45) is 5.73 Å². The zero-order chi connectivity index (χ0) is 12.1. The van der Waals surface area contributed by atoms with Crippen molar-refractivity contribution >= 4 is 17.4 Å². The number of nitrogens with zero attached hydrogens (tertiary/aromatic N) is 1. The molecule has 1 aromatic carbocycles. The summed E-state index contributed by atoms with van der Waals surface area (Å²) < 4.78 is 12.9. The minimum absolute atomic E-state index is 0.0256. The van der Waals surface area contributed by atoms with Crippen molar-refractivity contribution in [2.75, 3.05) is 5.75 Å². The van der Waals surface area contributed by atoms with Crippen LogP contribution in [0.25, 0.3) is 0 Å². The summed E-state index contributed by atoms with van der Waals surface area (Å²) in [5.41, 5.74) is 5.91. The molecule has 1 atom stereocenters. The molecule has 0 bridgehead atoms. The second kappa shape index (κ2) is 5.81. The van der Waals surface area contributed by atoms with Crippen molar-refractivity contribution in [2.45, 2.75) is 18.7 Å². The van der Waals surface area contributed by atoms with Gasteiger partial charge in [-0.2, -0.15) is 11.8 Å². The number of nitrogens with two attached hydrogens (primary N) is 1. The van der Waals surface area contributed by atoms with Crippen molar-refractivity contribution in [3.8, 4) is 0 Å². The first-order valence-electron chi connectivity index (χ1n) is 4.77. The first-order chi connectivity index (χ1) is 7.50. The molecular formula is C10H13FN2O2S. The molecule has 0 saturated heterocycles. The van der Waals surface area contributed by atoms with Gasteiger partial charge in [0.25, 0.3) is 5.69 Å². The highest BCUT2D eigenvalue weighted by Crippen LogP contribution is 2.24. The van der Waals surface area contributed by atoms with Crippen LogP contribution in [-0.2, 0) is 5.75 Å². The first kappa shape index (κ1) is 12.9. The van der Waals surface area contributed by atoms with Gasteiger partial charge in [0, 0.05) is 29.2 Å². The highest BCUT2D eigenvalue weighted by Gasteiger charge is 2.14. The van der Waals surface area contributed by atoms with Crippen LogP contribution in [0.15, 0.2) is 18.2 Å². The molecule has 0 fully saturated rings. The third-order valence-corrected chi connectivity index (χ3v) is 3.15. The van der Waals surface area contributed by atoms with E-state index in [0.717, 1.165) is 6.07 Å². The summed E-state index contributed by atoms with van der Waals surface area (Å²) in [5, 5.41) is 10.7. The second-order valence-electron chi connectivity index (χ2n) is 3.52. The van der Waals surface area contributed by atoms with E-state index in [1.54, 1.807) is 0 Å². The van der Waals surface area contributed by atoms with Gasteiger partial charge >= 0.3 is 0 Å². The van der Waals surface area contributed by atoms with Crippen LogP contribution in [0.1, 0.15) is 12.5 Å². The lowest BCUT2D eigenvalue weighted by Crippen LogP contribution is -2.17. The summed E-state index contributed by atoms with van der Waals surface area (Å²) in [4.78, 5) is 10.2. The molecule has 1 unspecified atom stereocenters. The number of hydrogen-bond donors (Lipinski definition) is 1. The molecule has 0 saturated carbocycles. The SMILES string of the molecule is CC(N)CSCc1cc(F)ccc1[N+](=O)[O-]. The molecule has 0 amide bonds. The zero-order valence-corrected chi connectivity index (χ0v) is 9.67. The molecule has 0 aliphatic carbocycles. The molecule has 0 aliphatic rings. The van der Waals surface area contributed by atoms with Gasteiger partial charge in [0.05, 0.1) is 4.92 Å². The van der Waals surface area contributed by atoms with E-state index in [2.05, 4.69) is 0 Å². The Morgan fingerprint density at radius 1 is 1.62 bits per heavy atom. The minimum atomic E-state index is -0.499. The van der Waals surface area contributed by atoms with E-state index < -0.39 is 10.7 Å². The quantitative estimate of drug-likeness (QED) is 0.637. The number of halogens is 1. The van der Waals surface area contributed by atoms with Gasteiger partial charge in [-0.05, 0) is 19.1 Å². The Hall–Kier alpha value is -1.14. The Balaban J connectivity index is 2.76. The fraction of sp³-hybridized carbons (Fsp3) is 0.400. The molecule has 1 rings (SSSR count). The van der Waals surface area contributed by atoms with Gasteiger partial charge in [0.1, 0.15) is 5.82 Å². The number of hydrogen-bond acceptors (Lipinski definition) is 4. The second-order valence-corrected chi connectivity index (χ2v) is 4.55. The average molecular weight is 244 g/mol. The van der Waals surface area contributed by atoms with Crippen LogP contribution in [0, 0.1) is 15.9 Å². The van der Waals surface area contributed by atoms with Crippen molar-refractivity contribution < 1.29 is 9.31 Å². The largest absolute Gasteiger partial charge is 0.327 e. The molecule has 2 N–H and O–H groups in total. The summed E-state index contributed by atoms with van der Waals surface area (Å²) in [7, 11) is 0. The smallest absolute Gasteiger partial charge is 0.273 e. The topological polar surface area (TPSA) is 69.2 Å². The van der Waals surface area contributed by atoms with Crippen molar-refractivity contribution in [1.82, 2.24) is 0 Å². The van der Waals surface area contributed by atoms with Crippen LogP contribution in [-0.4, -0.2) is 16.7 Å². The molecule has 0 spiro atoms. The van der Waals surface area contributed by atoms with Gasteiger partial charge < -0.3 is 5.73 Å². The Labute approximate surface area is 97.2 Å². The highest BCUT2D eigenvalue weighted by atomic mass is 32.2. The fourth-order valence-corrected chi connectivity index (χ4v) is 2.14. The van der Waals surface area contributed by atoms with Gasteiger partial charge in [-0.25, -0.2) is 4.39 Å². The lowest BCUT2D eigenvalue weighted by Gasteiger charge is -2.05. The number of nitro benzene ring substituents is 1. The van der Waals surface area contributed by atoms with E-state index in [9.17, 15) is 14.5 Å². The number of rotatable bonds is 5. The number of benzene rings is 1. The summed E-state index contributed by atoms with van der Waals surface area (Å²) in [6.07, 6.45) is 0. The van der Waals surface area contributed by atoms with Crippen LogP contribution in [0.5, 0.6) is 0 Å². The molecule has 6 heteroatoms. The van der Waals surface area contributed by atoms with Crippen molar-refractivity contribution in [1.29, 1.82) is 0 Å². The van der Waals surface area contributed by atoms with Gasteiger partial charge in [0.15, 0.2) is 0 Å². The third-order valence-electron chi connectivity index (χ3n) is 1.88. The third kappa shape index (κ3) is 3.79. The van der Waals surface area contributed by atoms with Gasteiger partial charge in [-0.15, -0.1) is 0 Å². The first-order valence-corrected chi connectivity index (χ1v) is 5.92.